The van der Waals surface area contributed by atoms with Crippen LogP contribution in [0.5, 0.6) is 0 Å². The standard InChI is InChI=1S/C18H17N3O3S2/c1-11-6-2-5-9-14(11)19-18(25)20-21-15(22)10-26-16(21)12-7-3-4-8-13(12)17(23)24/h2-9,16H,10H2,1H3,(H,23,24)(H2,19,20,25)/p-1/t16-/m0/s1. The average molecular weight is 386 g/mol. The Hall–Kier alpha value is -2.58. The average Bonchev–Trinajstić information content (AvgIpc) is 2.97. The maximum Gasteiger partial charge on any atom is 0.252 e. The van der Waals surface area contributed by atoms with Crippen LogP contribution in [0.25, 0.3) is 0 Å². The van der Waals surface area contributed by atoms with Gasteiger partial charge in [0.05, 0.1) is 11.7 Å². The van der Waals surface area contributed by atoms with E-state index >= 15 is 0 Å². The SMILES string of the molecule is Cc1ccccc1NC(=S)NN1C(=O)CS[C@H]1c1ccccc1C(=O)[O-]. The van der Waals surface area contributed by atoms with E-state index in [9.17, 15) is 14.7 Å². The second-order valence-electron chi connectivity index (χ2n) is 5.68. The summed E-state index contributed by atoms with van der Waals surface area (Å²) in [5.74, 6) is -1.23. The molecule has 3 rings (SSSR count). The fraction of sp³-hybridized carbons (Fsp3) is 0.167. The van der Waals surface area contributed by atoms with Crippen LogP contribution >= 0.6 is 24.0 Å². The normalized spacial score (nSPS) is 16.4. The van der Waals surface area contributed by atoms with Crippen LogP contribution in [0.1, 0.15) is 26.9 Å². The van der Waals surface area contributed by atoms with Crippen LogP contribution in [0.15, 0.2) is 48.5 Å². The number of amides is 1. The molecule has 0 spiro atoms. The van der Waals surface area contributed by atoms with E-state index in [-0.39, 0.29) is 22.3 Å². The summed E-state index contributed by atoms with van der Waals surface area (Å²) < 4.78 is 0. The summed E-state index contributed by atoms with van der Waals surface area (Å²) in [6.45, 7) is 1.95. The third-order valence-corrected chi connectivity index (χ3v) is 5.32. The highest BCUT2D eigenvalue weighted by Crippen LogP contribution is 2.38. The van der Waals surface area contributed by atoms with Crippen molar-refractivity contribution in [2.24, 2.45) is 0 Å². The van der Waals surface area contributed by atoms with Crippen molar-refractivity contribution in [3.8, 4) is 0 Å². The molecular weight excluding hydrogens is 370 g/mol. The number of hydrogen-bond acceptors (Lipinski definition) is 5. The van der Waals surface area contributed by atoms with E-state index in [1.54, 1.807) is 18.2 Å². The Labute approximate surface area is 160 Å². The molecule has 0 radical (unpaired) electrons. The van der Waals surface area contributed by atoms with Gasteiger partial charge in [0.2, 0.25) is 0 Å². The predicted molar refractivity (Wildman–Crippen MR) is 103 cm³/mol. The molecule has 0 aliphatic carbocycles. The van der Waals surface area contributed by atoms with Crippen LogP contribution in [0, 0.1) is 6.92 Å². The summed E-state index contributed by atoms with van der Waals surface area (Å²) in [5.41, 5.74) is 5.28. The molecular formula is C18H16N3O3S2-. The first-order valence-electron chi connectivity index (χ1n) is 7.84. The van der Waals surface area contributed by atoms with Gasteiger partial charge < -0.3 is 15.2 Å². The van der Waals surface area contributed by atoms with E-state index in [4.69, 9.17) is 12.2 Å². The highest BCUT2D eigenvalue weighted by Gasteiger charge is 2.35. The van der Waals surface area contributed by atoms with Crippen molar-refractivity contribution in [3.63, 3.8) is 0 Å². The van der Waals surface area contributed by atoms with Gasteiger partial charge in [0, 0.05) is 11.3 Å². The highest BCUT2D eigenvalue weighted by atomic mass is 32.2. The molecule has 1 atom stereocenters. The molecule has 0 aromatic heterocycles. The Morgan fingerprint density at radius 3 is 2.65 bits per heavy atom. The van der Waals surface area contributed by atoms with Crippen molar-refractivity contribution in [3.05, 3.63) is 65.2 Å². The zero-order chi connectivity index (χ0) is 18.7. The summed E-state index contributed by atoms with van der Waals surface area (Å²) in [5, 5.41) is 15.6. The Bertz CT molecular complexity index is 872. The molecule has 1 saturated heterocycles. The van der Waals surface area contributed by atoms with Crippen LogP contribution in [0.4, 0.5) is 5.69 Å². The third-order valence-electron chi connectivity index (χ3n) is 3.93. The zero-order valence-electron chi connectivity index (χ0n) is 13.9. The van der Waals surface area contributed by atoms with Crippen molar-refractivity contribution in [2.75, 3.05) is 11.1 Å². The molecule has 0 saturated carbocycles. The second-order valence-corrected chi connectivity index (χ2v) is 7.16. The maximum absolute atomic E-state index is 12.3. The van der Waals surface area contributed by atoms with Gasteiger partial charge in [0.15, 0.2) is 5.11 Å². The minimum atomic E-state index is -1.28. The van der Waals surface area contributed by atoms with Gasteiger partial charge in [-0.25, -0.2) is 5.01 Å². The molecule has 6 nitrogen and oxygen atoms in total. The summed E-state index contributed by atoms with van der Waals surface area (Å²) in [6.07, 6.45) is 0. The van der Waals surface area contributed by atoms with Crippen molar-refractivity contribution in [1.29, 1.82) is 0 Å². The monoisotopic (exact) mass is 386 g/mol. The highest BCUT2D eigenvalue weighted by molar-refractivity contribution is 8.00. The van der Waals surface area contributed by atoms with E-state index in [2.05, 4.69) is 10.7 Å². The molecule has 2 aromatic carbocycles. The van der Waals surface area contributed by atoms with E-state index < -0.39 is 11.3 Å². The largest absolute Gasteiger partial charge is 0.545 e. The zero-order valence-corrected chi connectivity index (χ0v) is 15.5. The number of thioether (sulfide) groups is 1. The predicted octanol–water partition coefficient (Wildman–Crippen LogP) is 1.83. The molecule has 134 valence electrons. The Balaban J connectivity index is 1.80. The molecule has 26 heavy (non-hydrogen) atoms. The van der Waals surface area contributed by atoms with Crippen molar-refractivity contribution < 1.29 is 14.7 Å². The fourth-order valence-electron chi connectivity index (χ4n) is 2.65. The number of thiocarbonyl (C=S) groups is 1. The first-order chi connectivity index (χ1) is 12.5. The Morgan fingerprint density at radius 1 is 1.23 bits per heavy atom. The number of hydrazine groups is 1. The molecule has 1 aliphatic rings. The molecule has 1 heterocycles. The molecule has 0 bridgehead atoms. The van der Waals surface area contributed by atoms with Gasteiger partial charge in [0.25, 0.3) is 5.91 Å². The number of carbonyl (C=O) groups is 2. The lowest BCUT2D eigenvalue weighted by Crippen LogP contribution is -2.46. The van der Waals surface area contributed by atoms with E-state index in [1.807, 2.05) is 31.2 Å². The summed E-state index contributed by atoms with van der Waals surface area (Å²) in [7, 11) is 0. The number of anilines is 1. The number of hydrogen-bond donors (Lipinski definition) is 2. The number of benzene rings is 2. The number of aromatic carboxylic acids is 1. The first kappa shape index (κ1) is 18.2. The number of nitrogens with zero attached hydrogens (tertiary/aromatic N) is 1. The van der Waals surface area contributed by atoms with Gasteiger partial charge in [-0.05, 0) is 36.3 Å². The summed E-state index contributed by atoms with van der Waals surface area (Å²) >= 11 is 6.65. The van der Waals surface area contributed by atoms with Gasteiger partial charge >= 0.3 is 0 Å². The van der Waals surface area contributed by atoms with E-state index in [0.29, 0.717) is 5.56 Å². The molecule has 0 unspecified atom stereocenters. The lowest BCUT2D eigenvalue weighted by Gasteiger charge is -2.27. The maximum atomic E-state index is 12.3. The lowest BCUT2D eigenvalue weighted by molar-refractivity contribution is -0.255. The second kappa shape index (κ2) is 7.76. The molecule has 1 fully saturated rings. The molecule has 1 amide bonds. The fourth-order valence-corrected chi connectivity index (χ4v) is 4.00. The van der Waals surface area contributed by atoms with Crippen molar-refractivity contribution >= 4 is 46.7 Å². The number of nitrogens with one attached hydrogen (secondary N) is 2. The van der Waals surface area contributed by atoms with Crippen LogP contribution in [-0.2, 0) is 4.79 Å². The van der Waals surface area contributed by atoms with Gasteiger partial charge in [-0.2, -0.15) is 0 Å². The molecule has 1 aliphatic heterocycles. The number of carboxylic acids is 1. The minimum Gasteiger partial charge on any atom is -0.545 e. The summed E-state index contributed by atoms with van der Waals surface area (Å²) in [4.78, 5) is 23.7. The number of rotatable bonds is 4. The van der Waals surface area contributed by atoms with Gasteiger partial charge in [-0.3, -0.25) is 10.2 Å². The smallest absolute Gasteiger partial charge is 0.252 e. The molecule has 2 N–H and O–H groups in total. The summed E-state index contributed by atoms with van der Waals surface area (Å²) in [6, 6.07) is 14.1. The van der Waals surface area contributed by atoms with Crippen LogP contribution in [-0.4, -0.2) is 27.8 Å². The molecule has 8 heteroatoms. The minimum absolute atomic E-state index is 0.0595. The third kappa shape index (κ3) is 3.81. The molecule has 2 aromatic rings. The number of carboxylic acid groups (broad SMARTS) is 1. The first-order valence-corrected chi connectivity index (χ1v) is 9.30. The quantitative estimate of drug-likeness (QED) is 0.776. The van der Waals surface area contributed by atoms with E-state index in [1.165, 1.54) is 22.8 Å². The van der Waals surface area contributed by atoms with Crippen LogP contribution in [0.2, 0.25) is 0 Å². The topological polar surface area (TPSA) is 84.5 Å². The Kier molecular flexibility index (Phi) is 5.43. The lowest BCUT2D eigenvalue weighted by atomic mass is 10.1. The van der Waals surface area contributed by atoms with E-state index in [0.717, 1.165) is 11.3 Å². The number of para-hydroxylation sites is 1. The van der Waals surface area contributed by atoms with Crippen LogP contribution in [0.3, 0.4) is 0 Å². The van der Waals surface area contributed by atoms with Gasteiger partial charge in [-0.1, -0.05) is 42.5 Å². The number of carbonyl (C=O) groups excluding carboxylic acids is 2. The van der Waals surface area contributed by atoms with Gasteiger partial charge in [0.1, 0.15) is 5.37 Å². The Morgan fingerprint density at radius 2 is 1.92 bits per heavy atom. The number of aryl methyl sites for hydroxylation is 1. The van der Waals surface area contributed by atoms with Gasteiger partial charge in [-0.15, -0.1) is 11.8 Å². The van der Waals surface area contributed by atoms with Crippen molar-refractivity contribution in [2.45, 2.75) is 12.3 Å². The van der Waals surface area contributed by atoms with Crippen molar-refractivity contribution in [1.82, 2.24) is 10.4 Å². The van der Waals surface area contributed by atoms with Crippen LogP contribution < -0.4 is 15.8 Å².